The second-order valence-corrected chi connectivity index (χ2v) is 4.91. The van der Waals surface area contributed by atoms with Gasteiger partial charge in [-0.05, 0) is 17.0 Å². The zero-order chi connectivity index (χ0) is 14.3. The number of carbonyl (C=O) groups excluding carboxylic acids is 2. The molecule has 4 nitrogen and oxygen atoms in total. The third-order valence-corrected chi connectivity index (χ3v) is 2.83. The Bertz CT molecular complexity index is 424. The molecule has 0 aliphatic carbocycles. The van der Waals surface area contributed by atoms with E-state index < -0.39 is 0 Å². The van der Waals surface area contributed by atoms with Crippen LogP contribution in [0.4, 0.5) is 0 Å². The van der Waals surface area contributed by atoms with Gasteiger partial charge in [0.1, 0.15) is 0 Å². The van der Waals surface area contributed by atoms with E-state index in [0.29, 0.717) is 25.4 Å². The van der Waals surface area contributed by atoms with Gasteiger partial charge in [0.05, 0.1) is 6.42 Å². The van der Waals surface area contributed by atoms with Crippen LogP contribution >= 0.6 is 0 Å². The van der Waals surface area contributed by atoms with Gasteiger partial charge in [0.25, 0.3) is 0 Å². The molecule has 4 heteroatoms. The molecule has 0 fully saturated rings. The Labute approximate surface area is 114 Å². The van der Waals surface area contributed by atoms with Gasteiger partial charge in [-0.3, -0.25) is 9.59 Å². The number of carbonyl (C=O) groups is 2. The number of hydrogen-bond acceptors (Lipinski definition) is 2. The van der Waals surface area contributed by atoms with Crippen molar-refractivity contribution in [1.29, 1.82) is 0 Å². The lowest BCUT2D eigenvalue weighted by molar-refractivity contribution is -0.121. The molecule has 0 radical (unpaired) electrons. The van der Waals surface area contributed by atoms with Crippen LogP contribution in [0.25, 0.3) is 0 Å². The van der Waals surface area contributed by atoms with E-state index in [1.165, 1.54) is 12.5 Å². The zero-order valence-corrected chi connectivity index (χ0v) is 11.8. The molecule has 0 unspecified atom stereocenters. The highest BCUT2D eigenvalue weighted by Crippen LogP contribution is 2.14. The SMILES string of the molecule is CC(=O)NCCNC(=O)Cc1ccc(C(C)C)cc1. The number of benzene rings is 1. The normalized spacial score (nSPS) is 10.3. The summed E-state index contributed by atoms with van der Waals surface area (Å²) in [6.07, 6.45) is 0.373. The monoisotopic (exact) mass is 262 g/mol. The Balaban J connectivity index is 2.33. The van der Waals surface area contributed by atoms with E-state index in [1.54, 1.807) is 0 Å². The van der Waals surface area contributed by atoms with Crippen LogP contribution in [0.15, 0.2) is 24.3 Å². The second-order valence-electron chi connectivity index (χ2n) is 4.91. The molecule has 0 atom stereocenters. The summed E-state index contributed by atoms with van der Waals surface area (Å²) >= 11 is 0. The number of hydrogen-bond donors (Lipinski definition) is 2. The molecular formula is C15H22N2O2. The fraction of sp³-hybridized carbons (Fsp3) is 0.467. The summed E-state index contributed by atoms with van der Waals surface area (Å²) in [6, 6.07) is 8.10. The average Bonchev–Trinajstić information content (AvgIpc) is 2.35. The van der Waals surface area contributed by atoms with E-state index in [2.05, 4.69) is 36.6 Å². The van der Waals surface area contributed by atoms with E-state index in [-0.39, 0.29) is 11.8 Å². The lowest BCUT2D eigenvalue weighted by atomic mass is 10.0. The first kappa shape index (κ1) is 15.2. The minimum atomic E-state index is -0.0847. The van der Waals surface area contributed by atoms with Crippen molar-refractivity contribution in [2.75, 3.05) is 13.1 Å². The molecule has 0 aromatic heterocycles. The molecule has 0 saturated carbocycles. The predicted molar refractivity (Wildman–Crippen MR) is 75.9 cm³/mol. The van der Waals surface area contributed by atoms with Gasteiger partial charge in [-0.1, -0.05) is 38.1 Å². The molecule has 0 spiro atoms. The Hall–Kier alpha value is -1.84. The van der Waals surface area contributed by atoms with E-state index in [4.69, 9.17) is 0 Å². The maximum Gasteiger partial charge on any atom is 0.224 e. The summed E-state index contributed by atoms with van der Waals surface area (Å²) in [7, 11) is 0. The second kappa shape index (κ2) is 7.56. The van der Waals surface area contributed by atoms with Gasteiger partial charge in [-0.25, -0.2) is 0 Å². The Morgan fingerprint density at radius 1 is 1.05 bits per heavy atom. The Morgan fingerprint density at radius 2 is 1.63 bits per heavy atom. The van der Waals surface area contributed by atoms with Crippen molar-refractivity contribution in [2.45, 2.75) is 33.1 Å². The van der Waals surface area contributed by atoms with E-state index in [1.807, 2.05) is 12.1 Å². The van der Waals surface area contributed by atoms with Gasteiger partial charge in [-0.15, -0.1) is 0 Å². The zero-order valence-electron chi connectivity index (χ0n) is 11.8. The highest BCUT2D eigenvalue weighted by Gasteiger charge is 2.04. The lowest BCUT2D eigenvalue weighted by Crippen LogP contribution is -2.34. The van der Waals surface area contributed by atoms with Crippen molar-refractivity contribution in [2.24, 2.45) is 0 Å². The van der Waals surface area contributed by atoms with Crippen LogP contribution in [-0.2, 0) is 16.0 Å². The first-order valence-corrected chi connectivity index (χ1v) is 6.59. The highest BCUT2D eigenvalue weighted by atomic mass is 16.2. The summed E-state index contributed by atoms with van der Waals surface area (Å²) in [6.45, 7) is 6.67. The fourth-order valence-corrected chi connectivity index (χ4v) is 1.71. The average molecular weight is 262 g/mol. The molecular weight excluding hydrogens is 240 g/mol. The molecule has 1 rings (SSSR count). The van der Waals surface area contributed by atoms with Crippen LogP contribution in [0.5, 0.6) is 0 Å². The highest BCUT2D eigenvalue weighted by molar-refractivity contribution is 5.78. The number of amides is 2. The van der Waals surface area contributed by atoms with E-state index >= 15 is 0 Å². The number of nitrogens with one attached hydrogen (secondary N) is 2. The van der Waals surface area contributed by atoms with Crippen LogP contribution in [0.3, 0.4) is 0 Å². The topological polar surface area (TPSA) is 58.2 Å². The molecule has 0 aliphatic rings. The minimum absolute atomic E-state index is 0.0253. The Morgan fingerprint density at radius 3 is 2.16 bits per heavy atom. The smallest absolute Gasteiger partial charge is 0.224 e. The van der Waals surface area contributed by atoms with Crippen LogP contribution in [0.2, 0.25) is 0 Å². The summed E-state index contributed by atoms with van der Waals surface area (Å²) in [5.41, 5.74) is 2.27. The summed E-state index contributed by atoms with van der Waals surface area (Å²) in [5.74, 6) is 0.390. The van der Waals surface area contributed by atoms with Gasteiger partial charge in [0, 0.05) is 20.0 Å². The van der Waals surface area contributed by atoms with Crippen molar-refractivity contribution in [3.63, 3.8) is 0 Å². The molecule has 1 aromatic carbocycles. The first-order chi connectivity index (χ1) is 8.99. The molecule has 19 heavy (non-hydrogen) atoms. The van der Waals surface area contributed by atoms with Gasteiger partial charge in [0.2, 0.25) is 11.8 Å². The maximum atomic E-state index is 11.7. The van der Waals surface area contributed by atoms with E-state index in [9.17, 15) is 9.59 Å². The van der Waals surface area contributed by atoms with Crippen LogP contribution in [-0.4, -0.2) is 24.9 Å². The molecule has 0 saturated heterocycles. The van der Waals surface area contributed by atoms with Crippen molar-refractivity contribution in [3.05, 3.63) is 35.4 Å². The van der Waals surface area contributed by atoms with Crippen LogP contribution < -0.4 is 10.6 Å². The summed E-state index contributed by atoms with van der Waals surface area (Å²) < 4.78 is 0. The molecule has 104 valence electrons. The quantitative estimate of drug-likeness (QED) is 0.765. The van der Waals surface area contributed by atoms with Gasteiger partial charge in [0.15, 0.2) is 0 Å². The maximum absolute atomic E-state index is 11.7. The molecule has 0 bridgehead atoms. The van der Waals surface area contributed by atoms with Crippen LogP contribution in [0, 0.1) is 0 Å². The molecule has 1 aromatic rings. The van der Waals surface area contributed by atoms with Crippen molar-refractivity contribution in [3.8, 4) is 0 Å². The van der Waals surface area contributed by atoms with Crippen LogP contribution in [0.1, 0.15) is 37.8 Å². The standard InChI is InChI=1S/C15H22N2O2/c1-11(2)14-6-4-13(5-7-14)10-15(19)17-9-8-16-12(3)18/h4-7,11H,8-10H2,1-3H3,(H,16,18)(H,17,19). The molecule has 0 heterocycles. The third kappa shape index (κ3) is 6.04. The predicted octanol–water partition coefficient (Wildman–Crippen LogP) is 1.60. The molecule has 2 amide bonds. The Kier molecular flexibility index (Phi) is 6.06. The summed E-state index contributed by atoms with van der Waals surface area (Å²) in [5, 5.41) is 5.40. The number of rotatable bonds is 6. The van der Waals surface area contributed by atoms with Crippen molar-refractivity contribution >= 4 is 11.8 Å². The largest absolute Gasteiger partial charge is 0.355 e. The van der Waals surface area contributed by atoms with Gasteiger partial charge in [-0.2, -0.15) is 0 Å². The van der Waals surface area contributed by atoms with E-state index in [0.717, 1.165) is 5.56 Å². The third-order valence-electron chi connectivity index (χ3n) is 2.83. The van der Waals surface area contributed by atoms with Crippen molar-refractivity contribution in [1.82, 2.24) is 10.6 Å². The minimum Gasteiger partial charge on any atom is -0.355 e. The molecule has 0 aliphatic heterocycles. The summed E-state index contributed by atoms with van der Waals surface area (Å²) in [4.78, 5) is 22.3. The molecule has 2 N–H and O–H groups in total. The van der Waals surface area contributed by atoms with Crippen molar-refractivity contribution < 1.29 is 9.59 Å². The van der Waals surface area contributed by atoms with Gasteiger partial charge < -0.3 is 10.6 Å². The fourth-order valence-electron chi connectivity index (χ4n) is 1.71. The van der Waals surface area contributed by atoms with Gasteiger partial charge >= 0.3 is 0 Å². The lowest BCUT2D eigenvalue weighted by Gasteiger charge is -2.08. The first-order valence-electron chi connectivity index (χ1n) is 6.59.